The van der Waals surface area contributed by atoms with Crippen molar-refractivity contribution < 1.29 is 9.32 Å². The van der Waals surface area contributed by atoms with Crippen LogP contribution in [0.3, 0.4) is 0 Å². The highest BCUT2D eigenvalue weighted by molar-refractivity contribution is 5.75. The molecule has 17 heavy (non-hydrogen) atoms. The molecule has 0 aliphatic rings. The van der Waals surface area contributed by atoms with Gasteiger partial charge in [-0.05, 0) is 0 Å². The maximum absolute atomic E-state index is 10.5. The lowest BCUT2D eigenvalue weighted by molar-refractivity contribution is -0.117. The number of rotatable bonds is 5. The van der Waals surface area contributed by atoms with E-state index in [1.165, 1.54) is 0 Å². The van der Waals surface area contributed by atoms with Gasteiger partial charge < -0.3 is 14.8 Å². The molecule has 0 unspecified atom stereocenters. The second-order valence-corrected chi connectivity index (χ2v) is 3.44. The third-order valence-corrected chi connectivity index (χ3v) is 2.06. The van der Waals surface area contributed by atoms with E-state index in [2.05, 4.69) is 20.4 Å². The molecule has 0 saturated heterocycles. The van der Waals surface area contributed by atoms with E-state index in [0.717, 1.165) is 0 Å². The molecule has 90 valence electrons. The van der Waals surface area contributed by atoms with Crippen molar-refractivity contribution in [2.75, 3.05) is 6.54 Å². The highest BCUT2D eigenvalue weighted by Crippen LogP contribution is 2.11. The number of aromatic nitrogens is 4. The maximum atomic E-state index is 10.5. The first-order valence-corrected chi connectivity index (χ1v) is 4.96. The zero-order chi connectivity index (χ0) is 12.3. The summed E-state index contributed by atoms with van der Waals surface area (Å²) in [4.78, 5) is 18.7. The molecule has 0 aliphatic heterocycles. The SMILES string of the molecule is Cn1ccnc1-c1noc(CNCC(N)=O)n1. The van der Waals surface area contributed by atoms with Crippen molar-refractivity contribution in [2.45, 2.75) is 6.54 Å². The Morgan fingerprint density at radius 3 is 3.12 bits per heavy atom. The number of nitrogens with one attached hydrogen (secondary N) is 1. The number of hydrogen-bond acceptors (Lipinski definition) is 6. The highest BCUT2D eigenvalue weighted by atomic mass is 16.5. The van der Waals surface area contributed by atoms with E-state index in [1.807, 2.05) is 7.05 Å². The van der Waals surface area contributed by atoms with Crippen LogP contribution in [0, 0.1) is 0 Å². The van der Waals surface area contributed by atoms with Gasteiger partial charge in [0.2, 0.25) is 17.6 Å². The zero-order valence-electron chi connectivity index (χ0n) is 9.25. The molecule has 0 radical (unpaired) electrons. The number of amides is 1. The zero-order valence-corrected chi connectivity index (χ0v) is 9.25. The second-order valence-electron chi connectivity index (χ2n) is 3.44. The van der Waals surface area contributed by atoms with Crippen LogP contribution in [-0.2, 0) is 18.4 Å². The second kappa shape index (κ2) is 4.74. The molecule has 2 heterocycles. The Labute approximate surface area is 96.8 Å². The van der Waals surface area contributed by atoms with Gasteiger partial charge in [0.15, 0.2) is 5.82 Å². The van der Waals surface area contributed by atoms with Gasteiger partial charge in [0.05, 0.1) is 13.1 Å². The quantitative estimate of drug-likeness (QED) is 0.691. The Kier molecular flexibility index (Phi) is 3.15. The molecule has 0 saturated carbocycles. The molecule has 1 amide bonds. The molecule has 2 rings (SSSR count). The topological polar surface area (TPSA) is 112 Å². The Hall–Kier alpha value is -2.22. The van der Waals surface area contributed by atoms with Crippen LogP contribution >= 0.6 is 0 Å². The standard InChI is InChI=1S/C9H12N6O2/c1-15-3-2-12-9(15)8-13-7(17-14-8)5-11-4-6(10)16/h2-3,11H,4-5H2,1H3,(H2,10,16). The summed E-state index contributed by atoms with van der Waals surface area (Å²) in [5.41, 5.74) is 4.98. The fourth-order valence-corrected chi connectivity index (χ4v) is 1.29. The monoisotopic (exact) mass is 236 g/mol. The van der Waals surface area contributed by atoms with E-state index in [4.69, 9.17) is 10.3 Å². The van der Waals surface area contributed by atoms with E-state index < -0.39 is 5.91 Å². The first-order chi connectivity index (χ1) is 8.16. The minimum absolute atomic E-state index is 0.0696. The van der Waals surface area contributed by atoms with E-state index in [1.54, 1.807) is 17.0 Å². The predicted molar refractivity (Wildman–Crippen MR) is 57.4 cm³/mol. The molecule has 3 N–H and O–H groups in total. The maximum Gasteiger partial charge on any atom is 0.241 e. The van der Waals surface area contributed by atoms with Crippen LogP contribution in [0.25, 0.3) is 11.6 Å². The molecule has 0 aliphatic carbocycles. The first kappa shape index (κ1) is 11.3. The van der Waals surface area contributed by atoms with Crippen LogP contribution in [0.5, 0.6) is 0 Å². The lowest BCUT2D eigenvalue weighted by atomic mass is 10.5. The minimum atomic E-state index is -0.436. The molecule has 2 aromatic rings. The van der Waals surface area contributed by atoms with Crippen LogP contribution in [0.1, 0.15) is 5.89 Å². The molecule has 8 nitrogen and oxygen atoms in total. The molecule has 8 heteroatoms. The fourth-order valence-electron chi connectivity index (χ4n) is 1.29. The van der Waals surface area contributed by atoms with Crippen LogP contribution in [-0.4, -0.2) is 32.1 Å². The Morgan fingerprint density at radius 2 is 2.47 bits per heavy atom. The average Bonchev–Trinajstić information content (AvgIpc) is 2.86. The van der Waals surface area contributed by atoms with E-state index in [0.29, 0.717) is 24.1 Å². The molecule has 0 spiro atoms. The van der Waals surface area contributed by atoms with E-state index >= 15 is 0 Å². The Bertz CT molecular complexity index is 517. The summed E-state index contributed by atoms with van der Waals surface area (Å²) in [6.07, 6.45) is 3.44. The predicted octanol–water partition coefficient (Wildman–Crippen LogP) is -0.955. The normalized spacial score (nSPS) is 10.6. The summed E-state index contributed by atoms with van der Waals surface area (Å²) >= 11 is 0. The summed E-state index contributed by atoms with van der Waals surface area (Å²) in [7, 11) is 1.84. The Balaban J connectivity index is 2.01. The molecular formula is C9H12N6O2. The van der Waals surface area contributed by atoms with Crippen LogP contribution in [0.15, 0.2) is 16.9 Å². The van der Waals surface area contributed by atoms with Gasteiger partial charge in [0, 0.05) is 19.4 Å². The van der Waals surface area contributed by atoms with Gasteiger partial charge in [-0.25, -0.2) is 4.98 Å². The number of aryl methyl sites for hydroxylation is 1. The number of primary amides is 1. The molecule has 0 atom stereocenters. The molecule has 0 fully saturated rings. The third-order valence-electron chi connectivity index (χ3n) is 2.06. The van der Waals surface area contributed by atoms with Gasteiger partial charge in [-0.1, -0.05) is 5.16 Å². The molecule has 0 aromatic carbocycles. The molecule has 2 aromatic heterocycles. The van der Waals surface area contributed by atoms with Crippen molar-refractivity contribution in [1.29, 1.82) is 0 Å². The highest BCUT2D eigenvalue weighted by Gasteiger charge is 2.11. The van der Waals surface area contributed by atoms with Gasteiger partial charge >= 0.3 is 0 Å². The van der Waals surface area contributed by atoms with E-state index in [9.17, 15) is 4.79 Å². The van der Waals surface area contributed by atoms with Gasteiger partial charge in [0.1, 0.15) is 0 Å². The number of carbonyl (C=O) groups excluding carboxylic acids is 1. The largest absolute Gasteiger partial charge is 0.369 e. The van der Waals surface area contributed by atoms with Crippen LogP contribution in [0.2, 0.25) is 0 Å². The first-order valence-electron chi connectivity index (χ1n) is 4.96. The number of nitrogens with two attached hydrogens (primary N) is 1. The van der Waals surface area contributed by atoms with E-state index in [-0.39, 0.29) is 6.54 Å². The summed E-state index contributed by atoms with van der Waals surface area (Å²) in [6.45, 7) is 0.362. The summed E-state index contributed by atoms with van der Waals surface area (Å²) < 4.78 is 6.78. The number of carbonyl (C=O) groups is 1. The van der Waals surface area contributed by atoms with Crippen LogP contribution in [0.4, 0.5) is 0 Å². The summed E-state index contributed by atoms with van der Waals surface area (Å²) in [5.74, 6) is 0.973. The minimum Gasteiger partial charge on any atom is -0.369 e. The molecule has 0 bridgehead atoms. The number of imidazole rings is 1. The van der Waals surface area contributed by atoms with Crippen molar-refractivity contribution in [3.8, 4) is 11.6 Å². The lowest BCUT2D eigenvalue weighted by Gasteiger charge is -1.95. The van der Waals surface area contributed by atoms with Gasteiger partial charge in [-0.15, -0.1) is 0 Å². The summed E-state index contributed by atoms with van der Waals surface area (Å²) in [6, 6.07) is 0. The lowest BCUT2D eigenvalue weighted by Crippen LogP contribution is -2.28. The van der Waals surface area contributed by atoms with Crippen molar-refractivity contribution in [2.24, 2.45) is 12.8 Å². The third kappa shape index (κ3) is 2.67. The van der Waals surface area contributed by atoms with Crippen molar-refractivity contribution in [1.82, 2.24) is 25.0 Å². The smallest absolute Gasteiger partial charge is 0.241 e. The van der Waals surface area contributed by atoms with Gasteiger partial charge in [-0.3, -0.25) is 10.1 Å². The average molecular weight is 236 g/mol. The fraction of sp³-hybridized carbons (Fsp3) is 0.333. The summed E-state index contributed by atoms with van der Waals surface area (Å²) in [5, 5.41) is 6.57. The van der Waals surface area contributed by atoms with Crippen molar-refractivity contribution >= 4 is 5.91 Å². The number of nitrogens with zero attached hydrogens (tertiary/aromatic N) is 4. The number of hydrogen-bond donors (Lipinski definition) is 2. The van der Waals surface area contributed by atoms with Crippen molar-refractivity contribution in [3.05, 3.63) is 18.3 Å². The van der Waals surface area contributed by atoms with Gasteiger partial charge in [-0.2, -0.15) is 4.98 Å². The van der Waals surface area contributed by atoms with Crippen molar-refractivity contribution in [3.63, 3.8) is 0 Å². The molecular weight excluding hydrogens is 224 g/mol. The van der Waals surface area contributed by atoms with Gasteiger partial charge in [0.25, 0.3) is 0 Å². The Morgan fingerprint density at radius 1 is 1.65 bits per heavy atom. The van der Waals surface area contributed by atoms with Crippen LogP contribution < -0.4 is 11.1 Å².